The minimum atomic E-state index is 0.647. The summed E-state index contributed by atoms with van der Waals surface area (Å²) in [5, 5.41) is 3.13. The van der Waals surface area contributed by atoms with Gasteiger partial charge in [0.15, 0.2) is 0 Å². The Balaban J connectivity index is 2.38. The van der Waals surface area contributed by atoms with E-state index in [9.17, 15) is 0 Å². The number of hydrogen-bond donors (Lipinski definition) is 2. The van der Waals surface area contributed by atoms with Crippen LogP contribution in [0.4, 0.5) is 5.95 Å². The zero-order valence-corrected chi connectivity index (χ0v) is 9.34. The first-order valence-corrected chi connectivity index (χ1v) is 5.70. The molecule has 0 aliphatic carbocycles. The molecule has 0 spiro atoms. The Labute approximate surface area is 89.6 Å². The maximum absolute atomic E-state index is 5.28. The van der Waals surface area contributed by atoms with Crippen LogP contribution in [0.25, 0.3) is 11.0 Å². The highest BCUT2D eigenvalue weighted by Gasteiger charge is 2.02. The van der Waals surface area contributed by atoms with Crippen LogP contribution in [-0.2, 0) is 0 Å². The van der Waals surface area contributed by atoms with E-state index in [2.05, 4.69) is 21.6 Å². The molecule has 0 saturated heterocycles. The predicted molar refractivity (Wildman–Crippen MR) is 64.9 cm³/mol. The van der Waals surface area contributed by atoms with Gasteiger partial charge in [-0.1, -0.05) is 0 Å². The molecular weight excluding hydrogens is 209 g/mol. The number of aromatic nitrogens is 2. The van der Waals surface area contributed by atoms with Gasteiger partial charge in [0.2, 0.25) is 5.95 Å². The first-order chi connectivity index (χ1) is 7.33. The van der Waals surface area contributed by atoms with E-state index < -0.39 is 0 Å². The summed E-state index contributed by atoms with van der Waals surface area (Å²) in [4.78, 5) is 7.53. The summed E-state index contributed by atoms with van der Waals surface area (Å²) >= 11 is 0. The molecule has 0 atom stereocenters. The lowest BCUT2D eigenvalue weighted by Gasteiger charge is -1.96. The van der Waals surface area contributed by atoms with Gasteiger partial charge in [0.1, 0.15) is 14.2 Å². The molecule has 78 valence electrons. The van der Waals surface area contributed by atoms with Gasteiger partial charge in [0.25, 0.3) is 0 Å². The van der Waals surface area contributed by atoms with Crippen LogP contribution < -0.4 is 9.84 Å². The van der Waals surface area contributed by atoms with Crippen LogP contribution in [0.3, 0.4) is 0 Å². The van der Waals surface area contributed by atoms with Gasteiger partial charge in [0, 0.05) is 12.6 Å². The van der Waals surface area contributed by atoms with E-state index >= 15 is 0 Å². The fourth-order valence-corrected chi connectivity index (χ4v) is 1.63. The zero-order chi connectivity index (χ0) is 10.7. The molecule has 2 rings (SSSR count). The third-order valence-electron chi connectivity index (χ3n) is 1.97. The fourth-order valence-electron chi connectivity index (χ4n) is 1.37. The molecule has 2 N–H and O–H groups in total. The van der Waals surface area contributed by atoms with Crippen molar-refractivity contribution in [2.75, 3.05) is 11.9 Å². The first kappa shape index (κ1) is 9.99. The molecule has 0 unspecified atom stereocenters. The van der Waals surface area contributed by atoms with E-state index in [1.54, 1.807) is 0 Å². The van der Waals surface area contributed by atoms with Gasteiger partial charge in [-0.05, 0) is 25.4 Å². The molecular formula is C10H12N3OP. The maximum Gasteiger partial charge on any atom is 0.201 e. The Kier molecular flexibility index (Phi) is 2.88. The smallest absolute Gasteiger partial charge is 0.201 e. The topological polar surface area (TPSA) is 49.9 Å². The maximum atomic E-state index is 5.28. The number of benzene rings is 1. The number of hydrogen-bond acceptors (Lipinski definition) is 3. The quantitative estimate of drug-likeness (QED) is 0.780. The highest BCUT2D eigenvalue weighted by molar-refractivity contribution is 7.31. The molecule has 0 aliphatic heterocycles. The van der Waals surface area contributed by atoms with E-state index in [1.165, 1.54) is 0 Å². The summed E-state index contributed by atoms with van der Waals surface area (Å²) < 4.78 is 5.28. The van der Waals surface area contributed by atoms with Gasteiger partial charge >= 0.3 is 0 Å². The van der Waals surface area contributed by atoms with Crippen LogP contribution in [0.5, 0.6) is 5.75 Å². The van der Waals surface area contributed by atoms with Crippen molar-refractivity contribution in [3.8, 4) is 5.75 Å². The van der Waals surface area contributed by atoms with Crippen LogP contribution in [0.1, 0.15) is 6.92 Å². The molecule has 0 amide bonds. The van der Waals surface area contributed by atoms with Crippen LogP contribution >= 0.6 is 8.43 Å². The van der Waals surface area contributed by atoms with Crippen LogP contribution in [0.15, 0.2) is 18.2 Å². The Bertz CT molecular complexity index is 480. The first-order valence-electron chi connectivity index (χ1n) is 4.70. The van der Waals surface area contributed by atoms with Crippen molar-refractivity contribution in [2.24, 2.45) is 0 Å². The third-order valence-corrected chi connectivity index (χ3v) is 2.31. The molecule has 1 aromatic heterocycles. The van der Waals surface area contributed by atoms with Gasteiger partial charge in [-0.25, -0.2) is 4.98 Å². The predicted octanol–water partition coefficient (Wildman–Crippen LogP) is 2.67. The summed E-state index contributed by atoms with van der Waals surface area (Å²) in [5.74, 6) is 1.59. The van der Waals surface area contributed by atoms with Crippen molar-refractivity contribution in [3.63, 3.8) is 0 Å². The normalized spacial score (nSPS) is 10.7. The molecule has 5 heteroatoms. The minimum absolute atomic E-state index is 0.647. The molecule has 2 aromatic rings. The van der Waals surface area contributed by atoms with E-state index in [0.29, 0.717) is 8.43 Å². The number of rotatable bonds is 4. The average Bonchev–Trinajstić information content (AvgIpc) is 2.60. The molecule has 1 aromatic carbocycles. The summed E-state index contributed by atoms with van der Waals surface area (Å²) in [7, 11) is 0.647. The number of H-pyrrole nitrogens is 1. The minimum Gasteiger partial charge on any atom is -0.440 e. The molecule has 0 radical (unpaired) electrons. The second-order valence-corrected chi connectivity index (χ2v) is 3.46. The largest absolute Gasteiger partial charge is 0.440 e. The van der Waals surface area contributed by atoms with Crippen LogP contribution in [0, 0.1) is 0 Å². The van der Waals surface area contributed by atoms with Gasteiger partial charge < -0.3 is 14.8 Å². The van der Waals surface area contributed by atoms with Gasteiger partial charge in [-0.2, -0.15) is 0 Å². The van der Waals surface area contributed by atoms with Crippen molar-refractivity contribution in [3.05, 3.63) is 18.2 Å². The second-order valence-electron chi connectivity index (χ2n) is 3.02. The van der Waals surface area contributed by atoms with Gasteiger partial charge in [-0.3, -0.25) is 0 Å². The van der Waals surface area contributed by atoms with Crippen molar-refractivity contribution in [1.29, 1.82) is 0 Å². The Hall–Kier alpha value is -1.54. The molecule has 4 nitrogen and oxygen atoms in total. The number of fused-ring (bicyclic) bond motifs is 1. The lowest BCUT2D eigenvalue weighted by Crippen LogP contribution is -1.97. The number of nitrogens with one attached hydrogen (secondary N) is 2. The third kappa shape index (κ3) is 2.10. The molecule has 0 aliphatic rings. The standard InChI is InChI=1S/C10H12N3OP/c1-3-11-10-12-8-5-4-7(14-15-2)6-9(8)13-10/h4-6H,2-3H2,1H3,(H2,11,12,13). The Morgan fingerprint density at radius 1 is 1.60 bits per heavy atom. The summed E-state index contributed by atoms with van der Waals surface area (Å²) in [6, 6.07) is 5.73. The van der Waals surface area contributed by atoms with E-state index in [1.807, 2.05) is 25.1 Å². The number of nitrogens with zero attached hydrogens (tertiary/aromatic N) is 1. The summed E-state index contributed by atoms with van der Waals surface area (Å²) in [6.45, 7) is 2.88. The number of aromatic amines is 1. The monoisotopic (exact) mass is 221 g/mol. The number of anilines is 1. The Morgan fingerprint density at radius 2 is 2.47 bits per heavy atom. The highest BCUT2D eigenvalue weighted by Crippen LogP contribution is 2.22. The van der Waals surface area contributed by atoms with Crippen molar-refractivity contribution < 1.29 is 4.52 Å². The summed E-state index contributed by atoms with van der Waals surface area (Å²) in [5.41, 5.74) is 1.89. The van der Waals surface area contributed by atoms with E-state index in [4.69, 9.17) is 4.52 Å². The van der Waals surface area contributed by atoms with Crippen LogP contribution in [-0.4, -0.2) is 22.8 Å². The molecule has 15 heavy (non-hydrogen) atoms. The van der Waals surface area contributed by atoms with E-state index in [0.717, 1.165) is 29.3 Å². The molecule has 0 bridgehead atoms. The van der Waals surface area contributed by atoms with Crippen molar-refractivity contribution in [1.82, 2.24) is 9.97 Å². The van der Waals surface area contributed by atoms with Gasteiger partial charge in [0.05, 0.1) is 11.0 Å². The zero-order valence-electron chi connectivity index (χ0n) is 8.45. The van der Waals surface area contributed by atoms with Crippen molar-refractivity contribution in [2.45, 2.75) is 6.92 Å². The lowest BCUT2D eigenvalue weighted by atomic mass is 10.3. The van der Waals surface area contributed by atoms with E-state index in [-0.39, 0.29) is 0 Å². The fraction of sp³-hybridized carbons (Fsp3) is 0.200. The van der Waals surface area contributed by atoms with Gasteiger partial charge in [-0.15, -0.1) is 0 Å². The van der Waals surface area contributed by atoms with Crippen molar-refractivity contribution >= 4 is 31.7 Å². The SMILES string of the molecule is C=POc1ccc2nc(NCC)[nH]c2c1. The highest BCUT2D eigenvalue weighted by atomic mass is 31.1. The molecule has 0 fully saturated rings. The number of imidazole rings is 1. The molecule has 1 heterocycles. The average molecular weight is 221 g/mol. The lowest BCUT2D eigenvalue weighted by molar-refractivity contribution is 0.645. The Morgan fingerprint density at radius 3 is 3.20 bits per heavy atom. The second kappa shape index (κ2) is 4.32. The molecule has 0 saturated carbocycles. The summed E-state index contributed by atoms with van der Waals surface area (Å²) in [6.07, 6.45) is 3.61. The van der Waals surface area contributed by atoms with Crippen LogP contribution in [0.2, 0.25) is 0 Å².